The SMILES string of the molecule is CC/C=C\C/C=C\C/C=C\C/C=C\C/C=C\CCCC(=O)OC[C@@H](COC(=O)CCCCCCCCCCC)OC(=O)CCCCCCCCCCCCCCCCCCC. The van der Waals surface area contributed by atoms with Gasteiger partial charge in [0.1, 0.15) is 13.2 Å². The van der Waals surface area contributed by atoms with Crippen LogP contribution in [0.25, 0.3) is 0 Å². The van der Waals surface area contributed by atoms with Gasteiger partial charge in [-0.05, 0) is 57.8 Å². The van der Waals surface area contributed by atoms with Crippen molar-refractivity contribution in [2.45, 2.75) is 258 Å². The Morgan fingerprint density at radius 3 is 1.00 bits per heavy atom. The van der Waals surface area contributed by atoms with Crippen molar-refractivity contribution in [2.24, 2.45) is 0 Å². The first-order valence-electron chi connectivity index (χ1n) is 25.8. The number of carbonyl (C=O) groups excluding carboxylic acids is 3. The fourth-order valence-corrected chi connectivity index (χ4v) is 7.18. The molecule has 0 spiro atoms. The molecular formula is C55H96O6. The Bertz CT molecular complexity index is 1120. The Hall–Kier alpha value is -2.89. The minimum absolute atomic E-state index is 0.0889. The van der Waals surface area contributed by atoms with Crippen molar-refractivity contribution in [2.75, 3.05) is 13.2 Å². The molecule has 0 radical (unpaired) electrons. The van der Waals surface area contributed by atoms with E-state index in [1.165, 1.54) is 128 Å². The van der Waals surface area contributed by atoms with Crippen LogP contribution < -0.4 is 0 Å². The summed E-state index contributed by atoms with van der Waals surface area (Å²) in [4.78, 5) is 37.9. The van der Waals surface area contributed by atoms with Gasteiger partial charge in [-0.15, -0.1) is 0 Å². The van der Waals surface area contributed by atoms with E-state index < -0.39 is 6.10 Å². The second-order valence-electron chi connectivity index (χ2n) is 17.1. The van der Waals surface area contributed by atoms with Gasteiger partial charge < -0.3 is 14.2 Å². The van der Waals surface area contributed by atoms with Crippen molar-refractivity contribution in [1.82, 2.24) is 0 Å². The minimum atomic E-state index is -0.791. The second kappa shape index (κ2) is 49.8. The first kappa shape index (κ1) is 58.1. The van der Waals surface area contributed by atoms with Crippen LogP contribution in [-0.2, 0) is 28.6 Å². The van der Waals surface area contributed by atoms with Crippen LogP contribution in [0.1, 0.15) is 252 Å². The van der Waals surface area contributed by atoms with Crippen LogP contribution in [0.4, 0.5) is 0 Å². The Balaban J connectivity index is 4.39. The predicted molar refractivity (Wildman–Crippen MR) is 261 cm³/mol. The summed E-state index contributed by atoms with van der Waals surface area (Å²) in [6.07, 6.45) is 60.7. The van der Waals surface area contributed by atoms with Crippen LogP contribution in [0.15, 0.2) is 60.8 Å². The number of rotatable bonds is 46. The maximum atomic E-state index is 12.8. The first-order chi connectivity index (χ1) is 30.0. The van der Waals surface area contributed by atoms with E-state index in [9.17, 15) is 14.4 Å². The summed E-state index contributed by atoms with van der Waals surface area (Å²) in [5, 5.41) is 0. The topological polar surface area (TPSA) is 78.9 Å². The van der Waals surface area contributed by atoms with Gasteiger partial charge in [0.15, 0.2) is 6.10 Å². The summed E-state index contributed by atoms with van der Waals surface area (Å²) in [5.41, 5.74) is 0. The van der Waals surface area contributed by atoms with Crippen molar-refractivity contribution < 1.29 is 28.6 Å². The highest BCUT2D eigenvalue weighted by molar-refractivity contribution is 5.71. The molecule has 0 aliphatic rings. The second-order valence-corrected chi connectivity index (χ2v) is 17.1. The Morgan fingerprint density at radius 1 is 0.344 bits per heavy atom. The molecule has 352 valence electrons. The normalized spacial score (nSPS) is 12.5. The predicted octanol–water partition coefficient (Wildman–Crippen LogP) is 16.9. The molecule has 6 nitrogen and oxygen atoms in total. The van der Waals surface area contributed by atoms with Gasteiger partial charge >= 0.3 is 17.9 Å². The molecule has 0 amide bonds. The molecule has 0 saturated carbocycles. The van der Waals surface area contributed by atoms with Gasteiger partial charge in [0, 0.05) is 19.3 Å². The zero-order chi connectivity index (χ0) is 44.4. The molecule has 0 fully saturated rings. The lowest BCUT2D eigenvalue weighted by Gasteiger charge is -2.18. The number of hydrogen-bond donors (Lipinski definition) is 0. The highest BCUT2D eigenvalue weighted by Gasteiger charge is 2.19. The lowest BCUT2D eigenvalue weighted by atomic mass is 10.0. The Kier molecular flexibility index (Phi) is 47.4. The third-order valence-corrected chi connectivity index (χ3v) is 11.0. The number of esters is 3. The fraction of sp³-hybridized carbons (Fsp3) is 0.764. The van der Waals surface area contributed by atoms with E-state index in [1.807, 2.05) is 0 Å². The summed E-state index contributed by atoms with van der Waals surface area (Å²) in [5.74, 6) is -0.946. The molecule has 0 aromatic rings. The van der Waals surface area contributed by atoms with Crippen LogP contribution in [0, 0.1) is 0 Å². The quantitative estimate of drug-likeness (QED) is 0.0263. The minimum Gasteiger partial charge on any atom is -0.462 e. The zero-order valence-corrected chi connectivity index (χ0v) is 40.2. The average molecular weight is 853 g/mol. The summed E-state index contributed by atoms with van der Waals surface area (Å²) in [7, 11) is 0. The molecular weight excluding hydrogens is 757 g/mol. The maximum absolute atomic E-state index is 12.8. The van der Waals surface area contributed by atoms with Gasteiger partial charge in [-0.2, -0.15) is 0 Å². The standard InChI is InChI=1S/C55H96O6/c1-4-7-10-13-16-19-21-23-25-27-29-31-33-36-39-42-45-48-54(57)60-51-52(50-59-53(56)47-44-41-38-35-18-15-12-9-6-3)61-55(58)49-46-43-40-37-34-32-30-28-26-24-22-20-17-14-11-8-5-2/h7,10,16,19,23,25,29,31,36,39,52H,4-6,8-9,11-15,17-18,20-22,24,26-28,30,32-35,37-38,40-51H2,1-3H3/b10-7-,19-16-,25-23-,31-29-,39-36-/t52-/m1/s1. The van der Waals surface area contributed by atoms with Crippen LogP contribution in [-0.4, -0.2) is 37.2 Å². The lowest BCUT2D eigenvalue weighted by Crippen LogP contribution is -2.30. The number of ether oxygens (including phenoxy) is 3. The number of allylic oxidation sites excluding steroid dienone is 10. The molecule has 0 aromatic heterocycles. The molecule has 0 aliphatic carbocycles. The zero-order valence-electron chi connectivity index (χ0n) is 40.2. The van der Waals surface area contributed by atoms with Crippen molar-refractivity contribution in [3.8, 4) is 0 Å². The van der Waals surface area contributed by atoms with Crippen molar-refractivity contribution in [1.29, 1.82) is 0 Å². The molecule has 0 N–H and O–H groups in total. The van der Waals surface area contributed by atoms with E-state index >= 15 is 0 Å². The Morgan fingerprint density at radius 2 is 0.639 bits per heavy atom. The van der Waals surface area contributed by atoms with Crippen molar-refractivity contribution in [3.05, 3.63) is 60.8 Å². The monoisotopic (exact) mass is 853 g/mol. The smallest absolute Gasteiger partial charge is 0.306 e. The van der Waals surface area contributed by atoms with Gasteiger partial charge in [0.05, 0.1) is 0 Å². The van der Waals surface area contributed by atoms with Gasteiger partial charge in [0.25, 0.3) is 0 Å². The molecule has 61 heavy (non-hydrogen) atoms. The average Bonchev–Trinajstić information content (AvgIpc) is 3.26. The third-order valence-electron chi connectivity index (χ3n) is 11.0. The van der Waals surface area contributed by atoms with Gasteiger partial charge in [0.2, 0.25) is 0 Å². The molecule has 0 aromatic carbocycles. The van der Waals surface area contributed by atoms with E-state index in [0.29, 0.717) is 19.3 Å². The molecule has 0 aliphatic heterocycles. The number of hydrogen-bond acceptors (Lipinski definition) is 6. The van der Waals surface area contributed by atoms with E-state index in [4.69, 9.17) is 14.2 Å². The third kappa shape index (κ3) is 48.0. The molecule has 1 atom stereocenters. The highest BCUT2D eigenvalue weighted by atomic mass is 16.6. The van der Waals surface area contributed by atoms with E-state index in [-0.39, 0.29) is 37.5 Å². The first-order valence-corrected chi connectivity index (χ1v) is 25.8. The van der Waals surface area contributed by atoms with Crippen molar-refractivity contribution >= 4 is 17.9 Å². The van der Waals surface area contributed by atoms with Gasteiger partial charge in [-0.25, -0.2) is 0 Å². The molecule has 0 heterocycles. The lowest BCUT2D eigenvalue weighted by molar-refractivity contribution is -0.167. The maximum Gasteiger partial charge on any atom is 0.306 e. The molecule has 0 unspecified atom stereocenters. The van der Waals surface area contributed by atoms with Crippen LogP contribution >= 0.6 is 0 Å². The van der Waals surface area contributed by atoms with E-state index in [2.05, 4.69) is 81.5 Å². The summed E-state index contributed by atoms with van der Waals surface area (Å²) < 4.78 is 16.7. The summed E-state index contributed by atoms with van der Waals surface area (Å²) in [6.45, 7) is 6.47. The van der Waals surface area contributed by atoms with Crippen LogP contribution in [0.2, 0.25) is 0 Å². The fourth-order valence-electron chi connectivity index (χ4n) is 7.18. The van der Waals surface area contributed by atoms with E-state index in [1.54, 1.807) is 0 Å². The molecule has 0 rings (SSSR count). The van der Waals surface area contributed by atoms with E-state index in [0.717, 1.165) is 77.0 Å². The number of carbonyl (C=O) groups is 3. The summed E-state index contributed by atoms with van der Waals surface area (Å²) in [6, 6.07) is 0. The van der Waals surface area contributed by atoms with Crippen LogP contribution in [0.5, 0.6) is 0 Å². The Labute approximate surface area is 377 Å². The highest BCUT2D eigenvalue weighted by Crippen LogP contribution is 2.16. The largest absolute Gasteiger partial charge is 0.462 e. The molecule has 0 bridgehead atoms. The van der Waals surface area contributed by atoms with Crippen LogP contribution in [0.3, 0.4) is 0 Å². The molecule has 0 saturated heterocycles. The summed E-state index contributed by atoms with van der Waals surface area (Å²) >= 11 is 0. The van der Waals surface area contributed by atoms with Gasteiger partial charge in [-0.3, -0.25) is 14.4 Å². The van der Waals surface area contributed by atoms with Crippen molar-refractivity contribution in [3.63, 3.8) is 0 Å². The van der Waals surface area contributed by atoms with Gasteiger partial charge in [-0.1, -0.05) is 236 Å². The molecule has 6 heteroatoms. The number of unbranched alkanes of at least 4 members (excludes halogenated alkanes) is 25.